The van der Waals surface area contributed by atoms with Crippen molar-refractivity contribution in [3.63, 3.8) is 0 Å². The number of urea groups is 2. The summed E-state index contributed by atoms with van der Waals surface area (Å²) in [6, 6.07) is 11.5. The maximum atomic E-state index is 13.1. The molecule has 36 heavy (non-hydrogen) atoms. The highest BCUT2D eigenvalue weighted by atomic mass is 16.5. The molecule has 0 spiro atoms. The van der Waals surface area contributed by atoms with Crippen molar-refractivity contribution in [3.05, 3.63) is 70.4 Å². The van der Waals surface area contributed by atoms with Gasteiger partial charge in [0.05, 0.1) is 18.2 Å². The van der Waals surface area contributed by atoms with Crippen LogP contribution in [-0.4, -0.2) is 36.1 Å². The van der Waals surface area contributed by atoms with Crippen molar-refractivity contribution in [2.24, 2.45) is 5.92 Å². The van der Waals surface area contributed by atoms with Crippen LogP contribution < -0.4 is 16.0 Å². The third kappa shape index (κ3) is 6.24. The molecule has 4 amide bonds. The average molecular weight is 493 g/mol. The van der Waals surface area contributed by atoms with E-state index in [1.807, 2.05) is 52.8 Å². The number of benzene rings is 2. The molecule has 3 N–H and O–H groups in total. The van der Waals surface area contributed by atoms with Crippen LogP contribution in [0.4, 0.5) is 21.0 Å². The monoisotopic (exact) mass is 492 g/mol. The van der Waals surface area contributed by atoms with Gasteiger partial charge in [-0.05, 0) is 68.0 Å². The quantitative estimate of drug-likeness (QED) is 0.400. The third-order valence-electron chi connectivity index (χ3n) is 6.17. The largest absolute Gasteiger partial charge is 0.462 e. The van der Waals surface area contributed by atoms with Gasteiger partial charge in [-0.3, -0.25) is 4.90 Å². The number of anilines is 2. The smallest absolute Gasteiger partial charge is 0.338 e. The van der Waals surface area contributed by atoms with Crippen molar-refractivity contribution in [1.29, 1.82) is 0 Å². The van der Waals surface area contributed by atoms with Crippen molar-refractivity contribution in [2.45, 2.75) is 54.0 Å². The van der Waals surface area contributed by atoms with Gasteiger partial charge in [-0.15, -0.1) is 0 Å². The van der Waals surface area contributed by atoms with E-state index in [9.17, 15) is 14.4 Å². The normalized spacial score (nSPS) is 15.6. The van der Waals surface area contributed by atoms with Crippen LogP contribution in [0.25, 0.3) is 0 Å². The van der Waals surface area contributed by atoms with E-state index in [1.54, 1.807) is 36.1 Å². The van der Waals surface area contributed by atoms with Crippen molar-refractivity contribution >= 4 is 29.4 Å². The van der Waals surface area contributed by atoms with Gasteiger partial charge >= 0.3 is 18.0 Å². The number of nitrogens with one attached hydrogen (secondary N) is 3. The highest BCUT2D eigenvalue weighted by molar-refractivity contribution is 6.00. The van der Waals surface area contributed by atoms with E-state index in [4.69, 9.17) is 4.74 Å². The van der Waals surface area contributed by atoms with E-state index in [2.05, 4.69) is 16.0 Å². The van der Waals surface area contributed by atoms with Crippen molar-refractivity contribution in [1.82, 2.24) is 10.2 Å². The fraction of sp³-hybridized carbons (Fsp3) is 0.393. The molecule has 0 fully saturated rings. The van der Waals surface area contributed by atoms with Crippen LogP contribution in [-0.2, 0) is 9.53 Å². The Hall–Kier alpha value is -3.81. The molecule has 0 aromatic heterocycles. The van der Waals surface area contributed by atoms with Crippen LogP contribution >= 0.6 is 0 Å². The Morgan fingerprint density at radius 1 is 1.06 bits per heavy atom. The molecule has 1 aliphatic rings. The number of allylic oxidation sites excluding steroid dienone is 1. The highest BCUT2D eigenvalue weighted by Crippen LogP contribution is 2.32. The number of carbonyl (C=O) groups is 3. The minimum absolute atomic E-state index is 0.193. The number of nitrogens with zero attached hydrogens (tertiary/aromatic N) is 1. The SMILES string of the molecule is CCCN1C(=O)NC(c2ccc(NC(=O)Nc3cccc(C)c3C)cc2)C(C(=O)OCC(C)C)=C1C. The molecule has 1 heterocycles. The summed E-state index contributed by atoms with van der Waals surface area (Å²) in [7, 11) is 0. The maximum absolute atomic E-state index is 13.1. The zero-order valence-electron chi connectivity index (χ0n) is 21.9. The standard InChI is InChI=1S/C28H36N4O4/c1-7-15-32-20(6)24(26(33)36-16-17(2)3)25(31-28(32)35)21-11-13-22(14-12-21)29-27(34)30-23-10-8-9-18(4)19(23)5/h8-14,17,25H,7,15-16H2,1-6H3,(H,31,35)(H2,29,30,34). The summed E-state index contributed by atoms with van der Waals surface area (Å²) in [5, 5.41) is 8.65. The van der Waals surface area contributed by atoms with Crippen LogP contribution in [0.1, 0.15) is 56.8 Å². The lowest BCUT2D eigenvalue weighted by Crippen LogP contribution is -2.48. The van der Waals surface area contributed by atoms with Crippen molar-refractivity contribution < 1.29 is 19.1 Å². The van der Waals surface area contributed by atoms with Crippen LogP contribution in [0.15, 0.2) is 53.7 Å². The molecule has 0 aliphatic carbocycles. The number of rotatable bonds is 8. The van der Waals surface area contributed by atoms with Gasteiger partial charge in [0.25, 0.3) is 0 Å². The molecule has 0 saturated heterocycles. The molecule has 3 rings (SSSR count). The van der Waals surface area contributed by atoms with Crippen molar-refractivity contribution in [3.8, 4) is 0 Å². The first-order valence-electron chi connectivity index (χ1n) is 12.3. The molecule has 0 saturated carbocycles. The zero-order valence-corrected chi connectivity index (χ0v) is 21.9. The van der Waals surface area contributed by atoms with E-state index in [0.717, 1.165) is 28.8 Å². The topological polar surface area (TPSA) is 99.8 Å². The molecule has 0 radical (unpaired) electrons. The number of ether oxygens (including phenoxy) is 1. The van der Waals surface area contributed by atoms with E-state index in [1.165, 1.54) is 0 Å². The molecule has 8 heteroatoms. The second-order valence-electron chi connectivity index (χ2n) is 9.47. The number of aryl methyl sites for hydroxylation is 1. The van der Waals surface area contributed by atoms with Gasteiger partial charge in [0.2, 0.25) is 0 Å². The Bertz CT molecular complexity index is 1150. The number of esters is 1. The number of carbonyl (C=O) groups excluding carboxylic acids is 3. The molecule has 1 unspecified atom stereocenters. The fourth-order valence-corrected chi connectivity index (χ4v) is 4.04. The lowest BCUT2D eigenvalue weighted by Gasteiger charge is -2.35. The summed E-state index contributed by atoms with van der Waals surface area (Å²) in [5.74, 6) is -0.249. The molecule has 1 aliphatic heterocycles. The Labute approximate surface area is 213 Å². The Morgan fingerprint density at radius 3 is 2.39 bits per heavy atom. The Balaban J connectivity index is 1.80. The van der Waals surface area contributed by atoms with E-state index >= 15 is 0 Å². The lowest BCUT2D eigenvalue weighted by atomic mass is 9.94. The summed E-state index contributed by atoms with van der Waals surface area (Å²) in [5.41, 5.74) is 5.15. The Kier molecular flexibility index (Phi) is 8.74. The Morgan fingerprint density at radius 2 is 1.75 bits per heavy atom. The molecule has 2 aromatic rings. The van der Waals surface area contributed by atoms with Crippen LogP contribution in [0.3, 0.4) is 0 Å². The van der Waals surface area contributed by atoms with Gasteiger partial charge < -0.3 is 20.7 Å². The zero-order chi connectivity index (χ0) is 26.4. The molecule has 2 aromatic carbocycles. The van der Waals surface area contributed by atoms with Gasteiger partial charge in [0.15, 0.2) is 0 Å². The second kappa shape index (κ2) is 11.7. The first kappa shape index (κ1) is 26.8. The average Bonchev–Trinajstić information content (AvgIpc) is 2.83. The summed E-state index contributed by atoms with van der Waals surface area (Å²) in [4.78, 5) is 40.0. The maximum Gasteiger partial charge on any atom is 0.338 e. The first-order chi connectivity index (χ1) is 17.1. The van der Waals surface area contributed by atoms with Crippen molar-refractivity contribution in [2.75, 3.05) is 23.8 Å². The third-order valence-corrected chi connectivity index (χ3v) is 6.17. The summed E-state index contributed by atoms with van der Waals surface area (Å²) >= 11 is 0. The number of amides is 4. The van der Waals surface area contributed by atoms with Gasteiger partial charge in [-0.25, -0.2) is 14.4 Å². The minimum atomic E-state index is -0.650. The number of hydrogen-bond acceptors (Lipinski definition) is 4. The van der Waals surface area contributed by atoms with Crippen LogP contribution in [0.5, 0.6) is 0 Å². The first-order valence-corrected chi connectivity index (χ1v) is 12.3. The molecule has 8 nitrogen and oxygen atoms in total. The lowest BCUT2D eigenvalue weighted by molar-refractivity contribution is -0.140. The molecule has 192 valence electrons. The second-order valence-corrected chi connectivity index (χ2v) is 9.47. The molecular weight excluding hydrogens is 456 g/mol. The van der Waals surface area contributed by atoms with E-state index < -0.39 is 12.0 Å². The van der Waals surface area contributed by atoms with Crippen LogP contribution in [0.2, 0.25) is 0 Å². The van der Waals surface area contributed by atoms with E-state index in [0.29, 0.717) is 30.1 Å². The molecule has 0 bridgehead atoms. The van der Waals surface area contributed by atoms with Gasteiger partial charge in [-0.1, -0.05) is 45.0 Å². The van der Waals surface area contributed by atoms with Gasteiger partial charge in [-0.2, -0.15) is 0 Å². The molecular formula is C28H36N4O4. The van der Waals surface area contributed by atoms with Gasteiger partial charge in [0.1, 0.15) is 0 Å². The summed E-state index contributed by atoms with van der Waals surface area (Å²) in [6.45, 7) is 12.4. The summed E-state index contributed by atoms with van der Waals surface area (Å²) in [6.07, 6.45) is 0.758. The predicted octanol–water partition coefficient (Wildman–Crippen LogP) is 5.90. The summed E-state index contributed by atoms with van der Waals surface area (Å²) < 4.78 is 5.54. The number of hydrogen-bond donors (Lipinski definition) is 3. The minimum Gasteiger partial charge on any atom is -0.462 e. The molecule has 1 atom stereocenters. The van der Waals surface area contributed by atoms with Crippen LogP contribution in [0, 0.1) is 19.8 Å². The predicted molar refractivity (Wildman–Crippen MR) is 142 cm³/mol. The van der Waals surface area contributed by atoms with E-state index in [-0.39, 0.29) is 18.0 Å². The highest BCUT2D eigenvalue weighted by Gasteiger charge is 2.36. The van der Waals surface area contributed by atoms with Gasteiger partial charge in [0, 0.05) is 23.6 Å². The fourth-order valence-electron chi connectivity index (χ4n) is 4.04.